The first-order chi connectivity index (χ1) is 11.0. The Labute approximate surface area is 134 Å². The maximum absolute atomic E-state index is 13.4. The summed E-state index contributed by atoms with van der Waals surface area (Å²) in [5.74, 6) is -0.250. The number of hydrogen-bond donors (Lipinski definition) is 2. The fraction of sp³-hybridized carbons (Fsp3) is 0.375. The standard InChI is InChI=1S/C16H21FN4O2/c1-11(10-23-15-7-5-4-6-14(15)17)19-16(22)20-12(2)13-8-18-21(3)9-13/h4-9,11-12H,10H2,1-3H3,(H2,19,20,22)/t11-,12-/m1/s1. The van der Waals surface area contributed by atoms with E-state index in [9.17, 15) is 9.18 Å². The second-order valence-corrected chi connectivity index (χ2v) is 5.43. The van der Waals surface area contributed by atoms with Gasteiger partial charge in [0.2, 0.25) is 0 Å². The minimum atomic E-state index is -0.422. The predicted octanol–water partition coefficient (Wildman–Crippen LogP) is 2.39. The summed E-state index contributed by atoms with van der Waals surface area (Å²) in [7, 11) is 1.82. The minimum absolute atomic E-state index is 0.164. The first-order valence-electron chi connectivity index (χ1n) is 7.38. The molecule has 1 aromatic carbocycles. The number of aromatic nitrogens is 2. The number of aryl methyl sites for hydroxylation is 1. The topological polar surface area (TPSA) is 68.2 Å². The molecule has 2 N–H and O–H groups in total. The van der Waals surface area contributed by atoms with Gasteiger partial charge in [0.05, 0.1) is 18.3 Å². The summed E-state index contributed by atoms with van der Waals surface area (Å²) in [6.07, 6.45) is 3.55. The number of ether oxygens (including phenoxy) is 1. The molecule has 0 aliphatic rings. The lowest BCUT2D eigenvalue weighted by Crippen LogP contribution is -2.44. The summed E-state index contributed by atoms with van der Waals surface area (Å²) in [6.45, 7) is 3.84. The van der Waals surface area contributed by atoms with E-state index in [1.165, 1.54) is 6.07 Å². The summed E-state index contributed by atoms with van der Waals surface area (Å²) in [5.41, 5.74) is 0.915. The van der Waals surface area contributed by atoms with Crippen LogP contribution in [0.2, 0.25) is 0 Å². The van der Waals surface area contributed by atoms with Gasteiger partial charge in [-0.1, -0.05) is 12.1 Å². The van der Waals surface area contributed by atoms with E-state index < -0.39 is 5.82 Å². The SMILES string of the molecule is C[C@H](COc1ccccc1F)NC(=O)N[C@H](C)c1cnn(C)c1. The molecular weight excluding hydrogens is 299 g/mol. The van der Waals surface area contributed by atoms with Gasteiger partial charge in [-0.15, -0.1) is 0 Å². The Hall–Kier alpha value is -2.57. The number of carbonyl (C=O) groups is 1. The normalized spacial score (nSPS) is 13.2. The maximum Gasteiger partial charge on any atom is 0.315 e. The highest BCUT2D eigenvalue weighted by Gasteiger charge is 2.13. The van der Waals surface area contributed by atoms with Crippen molar-refractivity contribution in [3.05, 3.63) is 48.0 Å². The zero-order chi connectivity index (χ0) is 16.8. The summed E-state index contributed by atoms with van der Waals surface area (Å²) in [6, 6.07) is 5.42. The van der Waals surface area contributed by atoms with Crippen LogP contribution in [0, 0.1) is 5.82 Å². The Morgan fingerprint density at radius 2 is 2.09 bits per heavy atom. The molecule has 2 aromatic rings. The Morgan fingerprint density at radius 3 is 2.74 bits per heavy atom. The molecule has 7 heteroatoms. The van der Waals surface area contributed by atoms with E-state index in [-0.39, 0.29) is 30.5 Å². The Bertz CT molecular complexity index is 659. The van der Waals surface area contributed by atoms with Crippen LogP contribution in [0.1, 0.15) is 25.5 Å². The fourth-order valence-corrected chi connectivity index (χ4v) is 2.03. The van der Waals surface area contributed by atoms with Crippen LogP contribution in [-0.2, 0) is 7.05 Å². The van der Waals surface area contributed by atoms with Crippen molar-refractivity contribution in [1.82, 2.24) is 20.4 Å². The molecule has 0 saturated heterocycles. The Morgan fingerprint density at radius 1 is 1.35 bits per heavy atom. The second-order valence-electron chi connectivity index (χ2n) is 5.43. The average molecular weight is 320 g/mol. The highest BCUT2D eigenvalue weighted by atomic mass is 19.1. The molecule has 2 rings (SSSR count). The van der Waals surface area contributed by atoms with Gasteiger partial charge < -0.3 is 15.4 Å². The largest absolute Gasteiger partial charge is 0.488 e. The van der Waals surface area contributed by atoms with Gasteiger partial charge in [0.1, 0.15) is 6.61 Å². The third kappa shape index (κ3) is 4.98. The van der Waals surface area contributed by atoms with E-state index in [0.29, 0.717) is 0 Å². The Kier molecular flexibility index (Phi) is 5.56. The molecular formula is C16H21FN4O2. The van der Waals surface area contributed by atoms with Crippen LogP contribution in [0.5, 0.6) is 5.75 Å². The highest BCUT2D eigenvalue weighted by Crippen LogP contribution is 2.15. The van der Waals surface area contributed by atoms with Gasteiger partial charge >= 0.3 is 6.03 Å². The van der Waals surface area contributed by atoms with Gasteiger partial charge in [0.25, 0.3) is 0 Å². The van der Waals surface area contributed by atoms with Gasteiger partial charge in [-0.05, 0) is 26.0 Å². The third-order valence-electron chi connectivity index (χ3n) is 3.28. The molecule has 0 bridgehead atoms. The molecule has 0 radical (unpaired) electrons. The van der Waals surface area contributed by atoms with E-state index in [4.69, 9.17) is 4.74 Å². The van der Waals surface area contributed by atoms with E-state index >= 15 is 0 Å². The molecule has 1 aromatic heterocycles. The number of amides is 2. The molecule has 6 nitrogen and oxygen atoms in total. The monoisotopic (exact) mass is 320 g/mol. The number of nitrogens with zero attached hydrogens (tertiary/aromatic N) is 2. The molecule has 0 aliphatic heterocycles. The highest BCUT2D eigenvalue weighted by molar-refractivity contribution is 5.74. The van der Waals surface area contributed by atoms with Crippen LogP contribution in [0.4, 0.5) is 9.18 Å². The number of carbonyl (C=O) groups excluding carboxylic acids is 1. The van der Waals surface area contributed by atoms with Crippen molar-refractivity contribution in [2.45, 2.75) is 25.9 Å². The lowest BCUT2D eigenvalue weighted by Gasteiger charge is -2.18. The number of urea groups is 1. The van der Waals surface area contributed by atoms with E-state index in [1.54, 1.807) is 36.0 Å². The Balaban J connectivity index is 1.77. The molecule has 0 spiro atoms. The average Bonchev–Trinajstić information content (AvgIpc) is 2.93. The molecule has 2 atom stereocenters. The van der Waals surface area contributed by atoms with Crippen LogP contribution in [0.25, 0.3) is 0 Å². The molecule has 0 unspecified atom stereocenters. The fourth-order valence-electron chi connectivity index (χ4n) is 2.03. The predicted molar refractivity (Wildman–Crippen MR) is 84.6 cm³/mol. The summed E-state index contributed by atoms with van der Waals surface area (Å²) in [4.78, 5) is 11.9. The van der Waals surface area contributed by atoms with Crippen molar-refractivity contribution >= 4 is 6.03 Å². The summed E-state index contributed by atoms with van der Waals surface area (Å²) < 4.78 is 20.5. The lowest BCUT2D eigenvalue weighted by molar-refractivity contribution is 0.222. The van der Waals surface area contributed by atoms with Crippen molar-refractivity contribution in [2.24, 2.45) is 7.05 Å². The van der Waals surface area contributed by atoms with Gasteiger partial charge in [-0.25, -0.2) is 9.18 Å². The zero-order valence-corrected chi connectivity index (χ0v) is 13.4. The summed E-state index contributed by atoms with van der Waals surface area (Å²) >= 11 is 0. The van der Waals surface area contributed by atoms with Crippen molar-refractivity contribution in [3.8, 4) is 5.75 Å². The first-order valence-corrected chi connectivity index (χ1v) is 7.38. The second kappa shape index (κ2) is 7.62. The number of hydrogen-bond acceptors (Lipinski definition) is 3. The van der Waals surface area contributed by atoms with Crippen LogP contribution in [-0.4, -0.2) is 28.5 Å². The van der Waals surface area contributed by atoms with Crippen molar-refractivity contribution < 1.29 is 13.9 Å². The van der Waals surface area contributed by atoms with Gasteiger partial charge in [-0.3, -0.25) is 4.68 Å². The number of benzene rings is 1. The van der Waals surface area contributed by atoms with E-state index in [2.05, 4.69) is 15.7 Å². The van der Waals surface area contributed by atoms with Crippen molar-refractivity contribution in [1.29, 1.82) is 0 Å². The molecule has 0 saturated carbocycles. The zero-order valence-electron chi connectivity index (χ0n) is 13.4. The van der Waals surface area contributed by atoms with Gasteiger partial charge in [-0.2, -0.15) is 5.10 Å². The van der Waals surface area contributed by atoms with Gasteiger partial charge in [0, 0.05) is 18.8 Å². The first kappa shape index (κ1) is 16.8. The van der Waals surface area contributed by atoms with Crippen LogP contribution in [0.15, 0.2) is 36.7 Å². The molecule has 0 fully saturated rings. The summed E-state index contributed by atoms with van der Waals surface area (Å²) in [5, 5.41) is 9.64. The van der Waals surface area contributed by atoms with E-state index in [0.717, 1.165) is 5.56 Å². The number of rotatable bonds is 6. The van der Waals surface area contributed by atoms with Crippen molar-refractivity contribution in [2.75, 3.05) is 6.61 Å². The van der Waals surface area contributed by atoms with E-state index in [1.807, 2.05) is 20.2 Å². The molecule has 124 valence electrons. The molecule has 1 heterocycles. The molecule has 0 aliphatic carbocycles. The maximum atomic E-state index is 13.4. The lowest BCUT2D eigenvalue weighted by atomic mass is 10.2. The number of halogens is 1. The number of nitrogens with one attached hydrogen (secondary N) is 2. The van der Waals surface area contributed by atoms with Crippen molar-refractivity contribution in [3.63, 3.8) is 0 Å². The smallest absolute Gasteiger partial charge is 0.315 e. The quantitative estimate of drug-likeness (QED) is 0.859. The molecule has 23 heavy (non-hydrogen) atoms. The minimum Gasteiger partial charge on any atom is -0.488 e. The van der Waals surface area contributed by atoms with Crippen LogP contribution >= 0.6 is 0 Å². The third-order valence-corrected chi connectivity index (χ3v) is 3.28. The molecule has 2 amide bonds. The number of para-hydroxylation sites is 1. The van der Waals surface area contributed by atoms with Crippen LogP contribution < -0.4 is 15.4 Å². The van der Waals surface area contributed by atoms with Gasteiger partial charge in [0.15, 0.2) is 11.6 Å². The van der Waals surface area contributed by atoms with Crippen LogP contribution in [0.3, 0.4) is 0 Å².